The van der Waals surface area contributed by atoms with Gasteiger partial charge in [0.1, 0.15) is 6.04 Å². The molecule has 0 saturated carbocycles. The number of hydrogen-bond donors (Lipinski definition) is 2. The molecule has 0 aromatic heterocycles. The Morgan fingerprint density at radius 1 is 1.24 bits per heavy atom. The van der Waals surface area contributed by atoms with E-state index in [1.807, 2.05) is 13.8 Å². The van der Waals surface area contributed by atoms with E-state index in [-0.39, 0.29) is 17.9 Å². The molecule has 0 aliphatic rings. The Balaban J connectivity index is 4.48. The van der Waals surface area contributed by atoms with Crippen molar-refractivity contribution in [1.82, 2.24) is 10.6 Å². The van der Waals surface area contributed by atoms with Crippen LogP contribution in [0.15, 0.2) is 0 Å². The van der Waals surface area contributed by atoms with Gasteiger partial charge < -0.3 is 15.4 Å². The Bertz CT molecular complexity index is 254. The van der Waals surface area contributed by atoms with Gasteiger partial charge in [0.25, 0.3) is 0 Å². The van der Waals surface area contributed by atoms with Gasteiger partial charge in [-0.15, -0.1) is 0 Å². The zero-order valence-electron chi connectivity index (χ0n) is 11.4. The summed E-state index contributed by atoms with van der Waals surface area (Å²) in [5.74, 6) is -0.105. The van der Waals surface area contributed by atoms with Crippen LogP contribution >= 0.6 is 0 Å². The molecule has 0 spiro atoms. The normalized spacial score (nSPS) is 14.0. The summed E-state index contributed by atoms with van der Waals surface area (Å²) in [6, 6.07) is -0.536. The van der Waals surface area contributed by atoms with Crippen molar-refractivity contribution in [3.05, 3.63) is 0 Å². The molecule has 0 aliphatic carbocycles. The van der Waals surface area contributed by atoms with E-state index in [0.29, 0.717) is 0 Å². The quantitative estimate of drug-likeness (QED) is 0.747. The van der Waals surface area contributed by atoms with Crippen molar-refractivity contribution in [3.63, 3.8) is 0 Å². The van der Waals surface area contributed by atoms with Crippen molar-refractivity contribution in [2.75, 3.05) is 7.05 Å². The Morgan fingerprint density at radius 3 is 2.24 bits per heavy atom. The molecule has 0 fully saturated rings. The second-order valence-corrected chi connectivity index (χ2v) is 4.46. The van der Waals surface area contributed by atoms with E-state index in [1.54, 1.807) is 20.9 Å². The molecule has 5 heteroatoms. The van der Waals surface area contributed by atoms with Gasteiger partial charge in [0.05, 0.1) is 6.10 Å². The van der Waals surface area contributed by atoms with Crippen LogP contribution in [-0.2, 0) is 9.53 Å². The number of carbonyl (C=O) groups excluding carboxylic acids is 2. The van der Waals surface area contributed by atoms with Crippen LogP contribution in [-0.4, -0.2) is 31.2 Å². The van der Waals surface area contributed by atoms with Crippen LogP contribution in [0.5, 0.6) is 0 Å². The minimum absolute atomic E-state index is 0.0830. The second-order valence-electron chi connectivity index (χ2n) is 4.46. The Hall–Kier alpha value is -1.26. The van der Waals surface area contributed by atoms with E-state index in [0.717, 1.165) is 12.8 Å². The molecule has 17 heavy (non-hydrogen) atoms. The fraction of sp³-hybridized carbons (Fsp3) is 0.833. The molecule has 0 heterocycles. The average Bonchev–Trinajstić information content (AvgIpc) is 2.24. The maximum absolute atomic E-state index is 11.7. The van der Waals surface area contributed by atoms with Crippen LogP contribution in [0, 0.1) is 5.92 Å². The topological polar surface area (TPSA) is 67.4 Å². The lowest BCUT2D eigenvalue weighted by Crippen LogP contribution is -2.49. The van der Waals surface area contributed by atoms with Crippen molar-refractivity contribution in [1.29, 1.82) is 0 Å². The highest BCUT2D eigenvalue weighted by Gasteiger charge is 2.26. The predicted molar refractivity (Wildman–Crippen MR) is 66.7 cm³/mol. The first-order valence-corrected chi connectivity index (χ1v) is 6.11. The molecular weight excluding hydrogens is 220 g/mol. The summed E-state index contributed by atoms with van der Waals surface area (Å²) in [6.07, 6.45) is 1.11. The number of hydrogen-bond acceptors (Lipinski definition) is 3. The number of ether oxygens (including phenoxy) is 1. The molecule has 2 unspecified atom stereocenters. The number of alkyl carbamates (subject to hydrolysis) is 1. The maximum Gasteiger partial charge on any atom is 0.408 e. The highest BCUT2D eigenvalue weighted by atomic mass is 16.6. The molecule has 2 N–H and O–H groups in total. The first kappa shape index (κ1) is 15.7. The number of rotatable bonds is 6. The van der Waals surface area contributed by atoms with Gasteiger partial charge in [0.2, 0.25) is 5.91 Å². The molecule has 2 atom stereocenters. The van der Waals surface area contributed by atoms with Crippen molar-refractivity contribution >= 4 is 12.0 Å². The fourth-order valence-electron chi connectivity index (χ4n) is 1.62. The van der Waals surface area contributed by atoms with E-state index >= 15 is 0 Å². The highest BCUT2D eigenvalue weighted by Crippen LogP contribution is 2.11. The number of carbonyl (C=O) groups is 2. The first-order chi connectivity index (χ1) is 7.92. The summed E-state index contributed by atoms with van der Waals surface area (Å²) >= 11 is 0. The monoisotopic (exact) mass is 244 g/mol. The second kappa shape index (κ2) is 7.92. The zero-order chi connectivity index (χ0) is 13.4. The van der Waals surface area contributed by atoms with Crippen LogP contribution in [0.2, 0.25) is 0 Å². The molecule has 100 valence electrons. The summed E-state index contributed by atoms with van der Waals surface area (Å²) in [5.41, 5.74) is 0. The van der Waals surface area contributed by atoms with Crippen LogP contribution < -0.4 is 10.6 Å². The molecule has 0 aliphatic heterocycles. The van der Waals surface area contributed by atoms with Crippen molar-refractivity contribution in [2.45, 2.75) is 52.7 Å². The largest absolute Gasteiger partial charge is 0.447 e. The molecule has 0 saturated heterocycles. The molecule has 0 aromatic carbocycles. The van der Waals surface area contributed by atoms with Gasteiger partial charge >= 0.3 is 6.09 Å². The third-order valence-corrected chi connectivity index (χ3v) is 2.46. The van der Waals surface area contributed by atoms with E-state index in [1.165, 1.54) is 0 Å². The molecule has 0 rings (SSSR count). The average molecular weight is 244 g/mol. The van der Waals surface area contributed by atoms with Crippen LogP contribution in [0.1, 0.15) is 40.5 Å². The maximum atomic E-state index is 11.7. The van der Waals surface area contributed by atoms with Crippen LogP contribution in [0.4, 0.5) is 4.79 Å². The summed E-state index contributed by atoms with van der Waals surface area (Å²) in [7, 11) is 1.56. The van der Waals surface area contributed by atoms with Gasteiger partial charge in [-0.05, 0) is 26.2 Å². The fourth-order valence-corrected chi connectivity index (χ4v) is 1.62. The van der Waals surface area contributed by atoms with Crippen molar-refractivity contribution in [3.8, 4) is 0 Å². The number of nitrogens with one attached hydrogen (secondary N) is 2. The van der Waals surface area contributed by atoms with E-state index in [4.69, 9.17) is 4.74 Å². The Kier molecular flexibility index (Phi) is 7.34. The van der Waals surface area contributed by atoms with E-state index in [2.05, 4.69) is 10.6 Å². The lowest BCUT2D eigenvalue weighted by molar-refractivity contribution is -0.123. The minimum atomic E-state index is -0.545. The smallest absolute Gasteiger partial charge is 0.408 e. The molecule has 2 amide bonds. The van der Waals surface area contributed by atoms with Crippen molar-refractivity contribution < 1.29 is 14.3 Å². The third kappa shape index (κ3) is 6.14. The highest BCUT2D eigenvalue weighted by molar-refractivity contribution is 5.85. The molecule has 0 bridgehead atoms. The summed E-state index contributed by atoms with van der Waals surface area (Å²) < 4.78 is 4.97. The van der Waals surface area contributed by atoms with Gasteiger partial charge in [0, 0.05) is 7.05 Å². The standard InChI is InChI=1S/C12H24N2O3/c1-6-7-9(4)10(11(15)13-5)14-12(16)17-8(2)3/h8-10H,6-7H2,1-5H3,(H,13,15)(H,14,16). The van der Waals surface area contributed by atoms with E-state index < -0.39 is 12.1 Å². The summed E-state index contributed by atoms with van der Waals surface area (Å²) in [6.45, 7) is 7.52. The van der Waals surface area contributed by atoms with Crippen LogP contribution in [0.25, 0.3) is 0 Å². The molecular formula is C12H24N2O3. The number of amides is 2. The van der Waals surface area contributed by atoms with Gasteiger partial charge in [-0.2, -0.15) is 0 Å². The first-order valence-electron chi connectivity index (χ1n) is 6.11. The summed E-state index contributed by atoms with van der Waals surface area (Å²) in [4.78, 5) is 23.1. The molecule has 0 aromatic rings. The predicted octanol–water partition coefficient (Wildman–Crippen LogP) is 1.67. The van der Waals surface area contributed by atoms with Gasteiger partial charge in [-0.3, -0.25) is 4.79 Å². The third-order valence-electron chi connectivity index (χ3n) is 2.46. The lowest BCUT2D eigenvalue weighted by atomic mass is 9.96. The van der Waals surface area contributed by atoms with E-state index in [9.17, 15) is 9.59 Å². The Morgan fingerprint density at radius 2 is 1.82 bits per heavy atom. The zero-order valence-corrected chi connectivity index (χ0v) is 11.4. The molecule has 0 radical (unpaired) electrons. The minimum Gasteiger partial charge on any atom is -0.447 e. The van der Waals surface area contributed by atoms with Gasteiger partial charge in [0.15, 0.2) is 0 Å². The van der Waals surface area contributed by atoms with Gasteiger partial charge in [-0.1, -0.05) is 20.3 Å². The lowest BCUT2D eigenvalue weighted by Gasteiger charge is -2.23. The molecule has 5 nitrogen and oxygen atoms in total. The summed E-state index contributed by atoms with van der Waals surface area (Å²) in [5, 5.41) is 5.16. The SMILES string of the molecule is CCCC(C)C(NC(=O)OC(C)C)C(=O)NC. The number of likely N-dealkylation sites (N-methyl/N-ethyl adjacent to an activating group) is 1. The van der Waals surface area contributed by atoms with Gasteiger partial charge in [-0.25, -0.2) is 4.79 Å². The Labute approximate surface area is 103 Å². The van der Waals surface area contributed by atoms with Crippen molar-refractivity contribution in [2.24, 2.45) is 5.92 Å². The van der Waals surface area contributed by atoms with Crippen LogP contribution in [0.3, 0.4) is 0 Å².